The Labute approximate surface area is 136 Å². The number of benzene rings is 1. The summed E-state index contributed by atoms with van der Waals surface area (Å²) in [6, 6.07) is 5.98. The minimum Gasteiger partial charge on any atom is -0.481 e. The summed E-state index contributed by atoms with van der Waals surface area (Å²) in [5.41, 5.74) is 3.31. The Balaban J connectivity index is 1.76. The molecule has 2 N–H and O–H groups in total. The number of rotatable bonds is 4. The third kappa shape index (κ3) is 2.85. The maximum Gasteiger partial charge on any atom is 0.310 e. The second kappa shape index (κ2) is 5.96. The number of fused-ring (bicyclic) bond motifs is 2. The molecule has 2 aliphatic rings. The molecular weight excluding hydrogens is 294 g/mol. The SMILES string of the molecule is Cc1ccc(C)c([C@H](C)NC(=O)[C@@H]2[C@H](C(=O)O)[C@H]3CC[C@H]2O3)c1. The second-order valence-electron chi connectivity index (χ2n) is 6.77. The molecule has 2 aliphatic heterocycles. The number of aliphatic carboxylic acids is 1. The largest absolute Gasteiger partial charge is 0.481 e. The van der Waals surface area contributed by atoms with Gasteiger partial charge in [-0.2, -0.15) is 0 Å². The van der Waals surface area contributed by atoms with Gasteiger partial charge >= 0.3 is 5.97 Å². The van der Waals surface area contributed by atoms with Crippen molar-refractivity contribution in [1.29, 1.82) is 0 Å². The Bertz CT molecular complexity index is 642. The summed E-state index contributed by atoms with van der Waals surface area (Å²) in [7, 11) is 0. The zero-order valence-electron chi connectivity index (χ0n) is 13.7. The quantitative estimate of drug-likeness (QED) is 0.894. The Morgan fingerprint density at radius 1 is 1.22 bits per heavy atom. The van der Waals surface area contributed by atoms with E-state index in [9.17, 15) is 14.7 Å². The summed E-state index contributed by atoms with van der Waals surface area (Å²) in [6.07, 6.45) is 0.929. The molecule has 2 heterocycles. The summed E-state index contributed by atoms with van der Waals surface area (Å²) in [5, 5.41) is 12.4. The molecule has 2 fully saturated rings. The first-order valence-corrected chi connectivity index (χ1v) is 8.14. The smallest absolute Gasteiger partial charge is 0.310 e. The molecule has 5 nitrogen and oxygen atoms in total. The first kappa shape index (κ1) is 16.0. The van der Waals surface area contributed by atoms with Crippen molar-refractivity contribution in [3.63, 3.8) is 0 Å². The van der Waals surface area contributed by atoms with Gasteiger partial charge in [0.05, 0.1) is 30.1 Å². The molecule has 2 bridgehead atoms. The Hall–Kier alpha value is -1.88. The predicted molar refractivity (Wildman–Crippen MR) is 85.0 cm³/mol. The number of hydrogen-bond donors (Lipinski definition) is 2. The molecule has 5 atom stereocenters. The van der Waals surface area contributed by atoms with Gasteiger partial charge in [-0.05, 0) is 44.7 Å². The third-order valence-electron chi connectivity index (χ3n) is 5.12. The molecule has 0 saturated carbocycles. The van der Waals surface area contributed by atoms with Crippen molar-refractivity contribution in [3.05, 3.63) is 34.9 Å². The summed E-state index contributed by atoms with van der Waals surface area (Å²) >= 11 is 0. The molecule has 1 aromatic carbocycles. The van der Waals surface area contributed by atoms with E-state index in [0.717, 1.165) is 29.5 Å². The highest BCUT2D eigenvalue weighted by atomic mass is 16.5. The first-order chi connectivity index (χ1) is 10.9. The maximum absolute atomic E-state index is 12.7. The van der Waals surface area contributed by atoms with E-state index >= 15 is 0 Å². The van der Waals surface area contributed by atoms with Crippen LogP contribution >= 0.6 is 0 Å². The molecule has 0 radical (unpaired) electrons. The number of amides is 1. The lowest BCUT2D eigenvalue weighted by Crippen LogP contribution is -2.44. The van der Waals surface area contributed by atoms with E-state index in [1.165, 1.54) is 0 Å². The summed E-state index contributed by atoms with van der Waals surface area (Å²) in [4.78, 5) is 24.2. The van der Waals surface area contributed by atoms with Gasteiger partial charge in [0, 0.05) is 0 Å². The number of carbonyl (C=O) groups is 2. The van der Waals surface area contributed by atoms with Crippen LogP contribution < -0.4 is 5.32 Å². The van der Waals surface area contributed by atoms with E-state index in [1.807, 2.05) is 32.9 Å². The summed E-state index contributed by atoms with van der Waals surface area (Å²) in [5.74, 6) is -2.45. The fourth-order valence-corrected chi connectivity index (χ4v) is 3.94. The Morgan fingerprint density at radius 2 is 1.87 bits per heavy atom. The van der Waals surface area contributed by atoms with Crippen molar-refractivity contribution in [3.8, 4) is 0 Å². The molecule has 1 amide bonds. The van der Waals surface area contributed by atoms with Gasteiger partial charge < -0.3 is 15.2 Å². The highest BCUT2D eigenvalue weighted by molar-refractivity contribution is 5.86. The van der Waals surface area contributed by atoms with Gasteiger partial charge in [-0.25, -0.2) is 0 Å². The number of carboxylic acid groups (broad SMARTS) is 1. The van der Waals surface area contributed by atoms with Crippen molar-refractivity contribution in [2.45, 2.75) is 51.9 Å². The number of aryl methyl sites for hydroxylation is 2. The fourth-order valence-electron chi connectivity index (χ4n) is 3.94. The fraction of sp³-hybridized carbons (Fsp3) is 0.556. The van der Waals surface area contributed by atoms with Gasteiger partial charge in [-0.1, -0.05) is 23.8 Å². The van der Waals surface area contributed by atoms with Gasteiger partial charge in [-0.3, -0.25) is 9.59 Å². The van der Waals surface area contributed by atoms with Gasteiger partial charge in [0.2, 0.25) is 5.91 Å². The molecule has 0 spiro atoms. The molecule has 0 aromatic heterocycles. The highest BCUT2D eigenvalue weighted by Crippen LogP contribution is 2.43. The summed E-state index contributed by atoms with van der Waals surface area (Å²) in [6.45, 7) is 5.96. The maximum atomic E-state index is 12.7. The monoisotopic (exact) mass is 317 g/mol. The molecule has 5 heteroatoms. The van der Waals surface area contributed by atoms with Crippen LogP contribution in [0.2, 0.25) is 0 Å². The minimum atomic E-state index is -0.934. The molecule has 3 rings (SSSR count). The van der Waals surface area contributed by atoms with E-state index in [4.69, 9.17) is 4.74 Å². The van der Waals surface area contributed by atoms with E-state index in [0.29, 0.717) is 0 Å². The van der Waals surface area contributed by atoms with E-state index in [1.54, 1.807) is 0 Å². The normalized spacial score (nSPS) is 30.2. The highest BCUT2D eigenvalue weighted by Gasteiger charge is 2.55. The van der Waals surface area contributed by atoms with Crippen molar-refractivity contribution >= 4 is 11.9 Å². The number of carbonyl (C=O) groups excluding carboxylic acids is 1. The van der Waals surface area contributed by atoms with Crippen LogP contribution in [-0.2, 0) is 14.3 Å². The van der Waals surface area contributed by atoms with Crippen LogP contribution in [0.5, 0.6) is 0 Å². The van der Waals surface area contributed by atoms with E-state index in [-0.39, 0.29) is 24.2 Å². The van der Waals surface area contributed by atoms with Gasteiger partial charge in [0.25, 0.3) is 0 Å². The second-order valence-corrected chi connectivity index (χ2v) is 6.77. The third-order valence-corrected chi connectivity index (χ3v) is 5.12. The predicted octanol–water partition coefficient (Wildman–Crippen LogP) is 2.36. The Kier molecular flexibility index (Phi) is 4.15. The van der Waals surface area contributed by atoms with Gasteiger partial charge in [0.1, 0.15) is 0 Å². The number of nitrogens with one attached hydrogen (secondary N) is 1. The van der Waals surface area contributed by atoms with Crippen LogP contribution in [0.15, 0.2) is 18.2 Å². The van der Waals surface area contributed by atoms with Crippen LogP contribution in [0.4, 0.5) is 0 Å². The minimum absolute atomic E-state index is 0.157. The zero-order chi connectivity index (χ0) is 16.7. The zero-order valence-corrected chi connectivity index (χ0v) is 13.7. The topological polar surface area (TPSA) is 75.6 Å². The molecule has 1 aromatic rings. The standard InChI is InChI=1S/C18H23NO4/c1-9-4-5-10(2)12(8-9)11(3)19-17(20)15-13-6-7-14(23-13)16(15)18(21)22/h4-5,8,11,13-16H,6-7H2,1-3H3,(H,19,20)(H,21,22)/t11-,13+,14+,15-,16+/m0/s1. The molecule has 2 saturated heterocycles. The van der Waals surface area contributed by atoms with Crippen molar-refractivity contribution < 1.29 is 19.4 Å². The molecule has 0 unspecified atom stereocenters. The number of ether oxygens (including phenoxy) is 1. The lowest BCUT2D eigenvalue weighted by Gasteiger charge is -2.26. The average molecular weight is 317 g/mol. The van der Waals surface area contributed by atoms with Crippen molar-refractivity contribution in [2.75, 3.05) is 0 Å². The van der Waals surface area contributed by atoms with E-state index in [2.05, 4.69) is 11.4 Å². The number of carboxylic acids is 1. The van der Waals surface area contributed by atoms with Gasteiger partial charge in [-0.15, -0.1) is 0 Å². The molecular formula is C18H23NO4. The lowest BCUT2D eigenvalue weighted by atomic mass is 9.78. The van der Waals surface area contributed by atoms with Crippen LogP contribution in [0, 0.1) is 25.7 Å². The molecule has 23 heavy (non-hydrogen) atoms. The van der Waals surface area contributed by atoms with Crippen LogP contribution in [-0.4, -0.2) is 29.2 Å². The lowest BCUT2D eigenvalue weighted by molar-refractivity contribution is -0.148. The first-order valence-electron chi connectivity index (χ1n) is 8.14. The van der Waals surface area contributed by atoms with Crippen molar-refractivity contribution in [1.82, 2.24) is 5.32 Å². The van der Waals surface area contributed by atoms with Gasteiger partial charge in [0.15, 0.2) is 0 Å². The molecule has 0 aliphatic carbocycles. The summed E-state index contributed by atoms with van der Waals surface area (Å²) < 4.78 is 5.67. The van der Waals surface area contributed by atoms with Crippen LogP contribution in [0.25, 0.3) is 0 Å². The molecule has 124 valence electrons. The average Bonchev–Trinajstić information content (AvgIpc) is 3.10. The van der Waals surface area contributed by atoms with Crippen LogP contribution in [0.1, 0.15) is 42.5 Å². The van der Waals surface area contributed by atoms with Crippen molar-refractivity contribution in [2.24, 2.45) is 11.8 Å². The van der Waals surface area contributed by atoms with E-state index < -0.39 is 17.8 Å². The number of hydrogen-bond acceptors (Lipinski definition) is 3. The van der Waals surface area contributed by atoms with Crippen LogP contribution in [0.3, 0.4) is 0 Å². The Morgan fingerprint density at radius 3 is 2.52 bits per heavy atom.